The van der Waals surface area contributed by atoms with Crippen LogP contribution in [0.1, 0.15) is 25.6 Å². The molecule has 1 aromatic rings. The van der Waals surface area contributed by atoms with Crippen LogP contribution in [0.15, 0.2) is 4.52 Å². The highest BCUT2D eigenvalue weighted by Gasteiger charge is 2.35. The number of hydrogen-bond donors (Lipinski definition) is 2. The highest BCUT2D eigenvalue weighted by atomic mass is 16.5. The molecule has 1 aromatic heterocycles. The van der Waals surface area contributed by atoms with Gasteiger partial charge in [-0.2, -0.15) is 4.98 Å². The number of aromatic nitrogens is 2. The number of likely N-dealkylation sites (tertiary alicyclic amines) is 1. The first-order valence-corrected chi connectivity index (χ1v) is 7.49. The summed E-state index contributed by atoms with van der Waals surface area (Å²) in [5.74, 6) is 0.796. The predicted octanol–water partition coefficient (Wildman–Crippen LogP) is -0.170. The smallest absolute Gasteiger partial charge is 0.317 e. The summed E-state index contributed by atoms with van der Waals surface area (Å²) < 4.78 is 5.23. The normalized spacial score (nSPS) is 22.8. The molecule has 0 aliphatic carbocycles. The van der Waals surface area contributed by atoms with Gasteiger partial charge in [0.15, 0.2) is 5.82 Å². The number of carboxylic acids is 1. The van der Waals surface area contributed by atoms with Crippen molar-refractivity contribution in [2.75, 3.05) is 26.7 Å². The van der Waals surface area contributed by atoms with Crippen LogP contribution in [0.3, 0.4) is 0 Å². The quantitative estimate of drug-likeness (QED) is 0.715. The van der Waals surface area contributed by atoms with Crippen LogP contribution in [-0.4, -0.2) is 75.0 Å². The summed E-state index contributed by atoms with van der Waals surface area (Å²) in [6, 6.07) is -0.200. The molecule has 124 valence electrons. The van der Waals surface area contributed by atoms with Crippen molar-refractivity contribution in [2.45, 2.75) is 39.0 Å². The molecule has 1 saturated heterocycles. The summed E-state index contributed by atoms with van der Waals surface area (Å²) in [5.41, 5.74) is 0. The molecule has 1 aliphatic rings. The summed E-state index contributed by atoms with van der Waals surface area (Å²) in [5, 5.41) is 22.9. The van der Waals surface area contributed by atoms with Gasteiger partial charge in [-0.25, -0.2) is 0 Å². The van der Waals surface area contributed by atoms with Gasteiger partial charge in [-0.05, 0) is 13.0 Å². The molecule has 2 heterocycles. The molecular weight excluding hydrogens is 288 g/mol. The van der Waals surface area contributed by atoms with E-state index in [4.69, 9.17) is 9.63 Å². The molecule has 0 bridgehead atoms. The van der Waals surface area contributed by atoms with Gasteiger partial charge in [0.2, 0.25) is 5.89 Å². The molecule has 8 nitrogen and oxygen atoms in total. The van der Waals surface area contributed by atoms with Crippen LogP contribution < -0.4 is 0 Å². The maximum atomic E-state index is 10.8. The van der Waals surface area contributed by atoms with E-state index in [1.165, 1.54) is 0 Å². The summed E-state index contributed by atoms with van der Waals surface area (Å²) in [6.07, 6.45) is 0.193. The Kier molecular flexibility index (Phi) is 5.49. The first-order chi connectivity index (χ1) is 10.3. The fraction of sp³-hybridized carbons (Fsp3) is 0.786. The Labute approximate surface area is 129 Å². The maximum Gasteiger partial charge on any atom is 0.317 e. The second kappa shape index (κ2) is 7.17. The standard InChI is InChI=1S/C14H24N4O4/c1-9(2)4-12-15-13(22-16-12)7-18-5-10(11(19)6-18)17(3)8-14(20)21/h9-11,19H,4-8H2,1-3H3,(H,20,21)/t10-,11+/m0/s1. The van der Waals surface area contributed by atoms with Crippen molar-refractivity contribution >= 4 is 5.97 Å². The maximum absolute atomic E-state index is 10.8. The van der Waals surface area contributed by atoms with Crippen molar-refractivity contribution in [1.82, 2.24) is 19.9 Å². The zero-order chi connectivity index (χ0) is 16.3. The highest BCUT2D eigenvalue weighted by Crippen LogP contribution is 2.17. The third kappa shape index (κ3) is 4.49. The molecule has 1 aliphatic heterocycles. The van der Waals surface area contributed by atoms with E-state index in [1.54, 1.807) is 11.9 Å². The van der Waals surface area contributed by atoms with Gasteiger partial charge in [0.05, 0.1) is 19.2 Å². The zero-order valence-corrected chi connectivity index (χ0v) is 13.3. The molecule has 2 rings (SSSR count). The van der Waals surface area contributed by atoms with Gasteiger partial charge >= 0.3 is 5.97 Å². The van der Waals surface area contributed by atoms with Crippen LogP contribution in [0, 0.1) is 5.92 Å². The van der Waals surface area contributed by atoms with E-state index >= 15 is 0 Å². The molecule has 8 heteroatoms. The number of likely N-dealkylation sites (N-methyl/N-ethyl adjacent to an activating group) is 1. The van der Waals surface area contributed by atoms with E-state index in [2.05, 4.69) is 24.0 Å². The number of aliphatic hydroxyl groups is 1. The molecule has 0 spiro atoms. The summed E-state index contributed by atoms with van der Waals surface area (Å²) in [7, 11) is 1.71. The highest BCUT2D eigenvalue weighted by molar-refractivity contribution is 5.69. The van der Waals surface area contributed by atoms with Gasteiger partial charge in [0.25, 0.3) is 0 Å². The molecule has 0 saturated carbocycles. The monoisotopic (exact) mass is 312 g/mol. The summed E-state index contributed by atoms with van der Waals surface area (Å²) in [6.45, 7) is 5.61. The largest absolute Gasteiger partial charge is 0.480 e. The van der Waals surface area contributed by atoms with Gasteiger partial charge in [-0.1, -0.05) is 19.0 Å². The van der Waals surface area contributed by atoms with E-state index in [9.17, 15) is 9.90 Å². The summed E-state index contributed by atoms with van der Waals surface area (Å²) >= 11 is 0. The third-order valence-corrected chi connectivity index (χ3v) is 3.75. The number of carboxylic acid groups (broad SMARTS) is 1. The number of aliphatic carboxylic acids is 1. The number of aliphatic hydroxyl groups excluding tert-OH is 1. The molecule has 0 unspecified atom stereocenters. The number of hydrogen-bond acceptors (Lipinski definition) is 7. The van der Waals surface area contributed by atoms with E-state index in [0.29, 0.717) is 37.3 Å². The van der Waals surface area contributed by atoms with Crippen molar-refractivity contribution in [1.29, 1.82) is 0 Å². The average Bonchev–Trinajstić information content (AvgIpc) is 2.95. The van der Waals surface area contributed by atoms with E-state index < -0.39 is 12.1 Å². The first kappa shape index (κ1) is 16.9. The van der Waals surface area contributed by atoms with Crippen molar-refractivity contribution in [3.63, 3.8) is 0 Å². The van der Waals surface area contributed by atoms with Crippen molar-refractivity contribution in [3.05, 3.63) is 11.7 Å². The lowest BCUT2D eigenvalue weighted by Crippen LogP contribution is -2.43. The lowest BCUT2D eigenvalue weighted by Gasteiger charge is -2.24. The lowest BCUT2D eigenvalue weighted by molar-refractivity contribution is -0.138. The molecule has 0 radical (unpaired) electrons. The Bertz CT molecular complexity index is 505. The first-order valence-electron chi connectivity index (χ1n) is 7.49. The summed E-state index contributed by atoms with van der Waals surface area (Å²) in [4.78, 5) is 18.8. The van der Waals surface area contributed by atoms with Gasteiger partial charge < -0.3 is 14.7 Å². The molecule has 2 atom stereocenters. The molecule has 0 amide bonds. The third-order valence-electron chi connectivity index (χ3n) is 3.75. The van der Waals surface area contributed by atoms with Crippen molar-refractivity contribution < 1.29 is 19.5 Å². The Morgan fingerprint density at radius 3 is 2.86 bits per heavy atom. The number of carbonyl (C=O) groups is 1. The predicted molar refractivity (Wildman–Crippen MR) is 78.2 cm³/mol. The Morgan fingerprint density at radius 2 is 2.23 bits per heavy atom. The minimum absolute atomic E-state index is 0.0886. The van der Waals surface area contributed by atoms with E-state index in [-0.39, 0.29) is 12.6 Å². The van der Waals surface area contributed by atoms with Gasteiger partial charge in [-0.3, -0.25) is 14.6 Å². The SMILES string of the molecule is CC(C)Cc1noc(CN2C[C@@H](O)[C@@H](N(C)CC(=O)O)C2)n1. The molecular formula is C14H24N4O4. The van der Waals surface area contributed by atoms with Crippen LogP contribution in [-0.2, 0) is 17.8 Å². The number of nitrogens with zero attached hydrogens (tertiary/aromatic N) is 4. The number of rotatable bonds is 7. The second-order valence-corrected chi connectivity index (χ2v) is 6.34. The fourth-order valence-corrected chi connectivity index (χ4v) is 2.73. The van der Waals surface area contributed by atoms with Crippen LogP contribution in [0.4, 0.5) is 0 Å². The van der Waals surface area contributed by atoms with E-state index in [0.717, 1.165) is 6.42 Å². The molecule has 22 heavy (non-hydrogen) atoms. The Balaban J connectivity index is 1.89. The van der Waals surface area contributed by atoms with Gasteiger partial charge in [-0.15, -0.1) is 0 Å². The Hall–Kier alpha value is -1.51. The Morgan fingerprint density at radius 1 is 1.50 bits per heavy atom. The van der Waals surface area contributed by atoms with Crippen LogP contribution in [0.2, 0.25) is 0 Å². The minimum Gasteiger partial charge on any atom is -0.480 e. The topological polar surface area (TPSA) is 103 Å². The van der Waals surface area contributed by atoms with Gasteiger partial charge in [0.1, 0.15) is 0 Å². The average molecular weight is 312 g/mol. The fourth-order valence-electron chi connectivity index (χ4n) is 2.73. The van der Waals surface area contributed by atoms with Crippen molar-refractivity contribution in [2.24, 2.45) is 5.92 Å². The van der Waals surface area contributed by atoms with Gasteiger partial charge in [0, 0.05) is 25.6 Å². The van der Waals surface area contributed by atoms with Crippen molar-refractivity contribution in [3.8, 4) is 0 Å². The molecule has 2 N–H and O–H groups in total. The second-order valence-electron chi connectivity index (χ2n) is 6.34. The number of β-amino-alcohol motifs (C(OH)–C–C–N with tert-alkyl or cyclic N) is 1. The van der Waals surface area contributed by atoms with E-state index in [1.807, 2.05) is 4.90 Å². The van der Waals surface area contributed by atoms with Crippen LogP contribution in [0.25, 0.3) is 0 Å². The zero-order valence-electron chi connectivity index (χ0n) is 13.3. The van der Waals surface area contributed by atoms with Crippen LogP contribution >= 0.6 is 0 Å². The molecule has 0 aromatic carbocycles. The molecule has 1 fully saturated rings. The lowest BCUT2D eigenvalue weighted by atomic mass is 10.1. The van der Waals surface area contributed by atoms with Crippen LogP contribution in [0.5, 0.6) is 0 Å². The minimum atomic E-state index is -0.900.